The molecule has 0 heterocycles. The Balaban J connectivity index is 3.01. The summed E-state index contributed by atoms with van der Waals surface area (Å²) in [6.45, 7) is 12.0. The van der Waals surface area contributed by atoms with Crippen LogP contribution in [0.5, 0.6) is 0 Å². The molecule has 2 heteroatoms. The van der Waals surface area contributed by atoms with Gasteiger partial charge in [-0.1, -0.05) is 39.0 Å². The maximum absolute atomic E-state index is 3.48. The molecule has 0 bridgehead atoms. The molecule has 0 amide bonds. The van der Waals surface area contributed by atoms with E-state index in [2.05, 4.69) is 31.9 Å². The zero-order valence-electron chi connectivity index (χ0n) is 9.24. The van der Waals surface area contributed by atoms with Gasteiger partial charge in [0.25, 0.3) is 0 Å². The third kappa shape index (κ3) is 10.2. The summed E-state index contributed by atoms with van der Waals surface area (Å²) in [4.78, 5) is 0. The van der Waals surface area contributed by atoms with E-state index in [4.69, 9.17) is 0 Å². The van der Waals surface area contributed by atoms with Gasteiger partial charge in [-0.25, -0.2) is 0 Å². The molecular weight excluding hydrogens is 162 g/mol. The molecule has 0 aliphatic rings. The molecule has 1 N–H and O–H groups in total. The summed E-state index contributed by atoms with van der Waals surface area (Å²) in [5, 5.41) is 3.48. The average molecular weight is 187 g/mol. The average Bonchev–Trinajstić information content (AvgIpc) is 1.94. The van der Waals surface area contributed by atoms with Gasteiger partial charge >= 0.3 is 0 Å². The van der Waals surface area contributed by atoms with E-state index in [0.29, 0.717) is 0 Å². The maximum Gasteiger partial charge on any atom is 0.0443 e. The van der Waals surface area contributed by atoms with Gasteiger partial charge in [-0.3, -0.25) is 0 Å². The second-order valence-electron chi connectivity index (χ2n) is 4.77. The third-order valence-electron chi connectivity index (χ3n) is 1.99. The largest absolute Gasteiger partial charge is 0.317 e. The molecule has 0 aromatic heterocycles. The summed E-state index contributed by atoms with van der Waals surface area (Å²) in [5.41, 5.74) is 0. The van der Waals surface area contributed by atoms with Gasteiger partial charge in [0.1, 0.15) is 0 Å². The van der Waals surface area contributed by atoms with E-state index >= 15 is 0 Å². The molecule has 0 spiro atoms. The molecule has 0 aliphatic carbocycles. The standard InChI is InChI=1S/C10H25NSi/c1-5-6-8-11-9-7-10-12(2,3)4/h11H,5-10H2,1-4H3. The van der Waals surface area contributed by atoms with Crippen molar-refractivity contribution in [3.8, 4) is 0 Å². The Morgan fingerprint density at radius 3 is 2.08 bits per heavy atom. The fraction of sp³-hybridized carbons (Fsp3) is 1.00. The van der Waals surface area contributed by atoms with Gasteiger partial charge in [0.15, 0.2) is 0 Å². The number of rotatable bonds is 7. The van der Waals surface area contributed by atoms with Crippen molar-refractivity contribution in [1.82, 2.24) is 5.32 Å². The van der Waals surface area contributed by atoms with Gasteiger partial charge in [0, 0.05) is 8.07 Å². The summed E-state index contributed by atoms with van der Waals surface area (Å²) in [6.07, 6.45) is 4.01. The minimum absolute atomic E-state index is 0.766. The summed E-state index contributed by atoms with van der Waals surface area (Å²) in [6, 6.07) is 1.46. The first-order valence-corrected chi connectivity index (χ1v) is 8.97. The highest BCUT2D eigenvalue weighted by atomic mass is 28.3. The normalized spacial score (nSPS) is 12.0. The molecular formula is C10H25NSi. The highest BCUT2D eigenvalue weighted by Crippen LogP contribution is 2.09. The Kier molecular flexibility index (Phi) is 6.77. The Morgan fingerprint density at radius 1 is 1.00 bits per heavy atom. The van der Waals surface area contributed by atoms with Crippen LogP contribution in [0.4, 0.5) is 0 Å². The van der Waals surface area contributed by atoms with Gasteiger partial charge in [0.2, 0.25) is 0 Å². The highest BCUT2D eigenvalue weighted by Gasteiger charge is 2.10. The highest BCUT2D eigenvalue weighted by molar-refractivity contribution is 6.76. The van der Waals surface area contributed by atoms with Gasteiger partial charge in [0.05, 0.1) is 0 Å². The van der Waals surface area contributed by atoms with Crippen molar-refractivity contribution in [2.75, 3.05) is 13.1 Å². The topological polar surface area (TPSA) is 12.0 Å². The van der Waals surface area contributed by atoms with Crippen LogP contribution in [0.1, 0.15) is 26.2 Å². The molecule has 0 radical (unpaired) electrons. The first-order chi connectivity index (χ1) is 5.56. The Hall–Kier alpha value is 0.177. The van der Waals surface area contributed by atoms with Gasteiger partial charge in [-0.2, -0.15) is 0 Å². The van der Waals surface area contributed by atoms with Gasteiger partial charge in [-0.05, 0) is 25.9 Å². The van der Waals surface area contributed by atoms with Crippen molar-refractivity contribution in [2.24, 2.45) is 0 Å². The maximum atomic E-state index is 3.48. The summed E-state index contributed by atoms with van der Waals surface area (Å²) < 4.78 is 0. The number of hydrogen-bond acceptors (Lipinski definition) is 1. The zero-order chi connectivity index (χ0) is 9.45. The van der Waals surface area contributed by atoms with Crippen molar-refractivity contribution >= 4 is 8.07 Å². The van der Waals surface area contributed by atoms with E-state index in [-0.39, 0.29) is 0 Å². The summed E-state index contributed by atoms with van der Waals surface area (Å²) in [7, 11) is -0.766. The molecule has 0 aromatic rings. The molecule has 0 atom stereocenters. The summed E-state index contributed by atoms with van der Waals surface area (Å²) >= 11 is 0. The van der Waals surface area contributed by atoms with Crippen LogP contribution in [0.3, 0.4) is 0 Å². The van der Waals surface area contributed by atoms with Crippen molar-refractivity contribution in [3.05, 3.63) is 0 Å². The lowest BCUT2D eigenvalue weighted by Crippen LogP contribution is -2.23. The Morgan fingerprint density at radius 2 is 1.58 bits per heavy atom. The molecule has 12 heavy (non-hydrogen) atoms. The molecule has 0 saturated heterocycles. The number of hydrogen-bond donors (Lipinski definition) is 1. The first-order valence-electron chi connectivity index (χ1n) is 5.27. The SMILES string of the molecule is CCCCNCCC[Si](C)(C)C. The van der Waals surface area contributed by atoms with Crippen LogP contribution in [0.25, 0.3) is 0 Å². The quantitative estimate of drug-likeness (QED) is 0.477. The second-order valence-corrected chi connectivity index (χ2v) is 10.4. The smallest absolute Gasteiger partial charge is 0.0443 e. The fourth-order valence-electron chi connectivity index (χ4n) is 1.17. The first kappa shape index (κ1) is 12.2. The van der Waals surface area contributed by atoms with E-state index < -0.39 is 8.07 Å². The zero-order valence-corrected chi connectivity index (χ0v) is 10.2. The van der Waals surface area contributed by atoms with Crippen LogP contribution >= 0.6 is 0 Å². The van der Waals surface area contributed by atoms with Crippen molar-refractivity contribution < 1.29 is 0 Å². The van der Waals surface area contributed by atoms with Gasteiger partial charge < -0.3 is 5.32 Å². The van der Waals surface area contributed by atoms with Crippen LogP contribution in [0, 0.1) is 0 Å². The predicted molar refractivity (Wildman–Crippen MR) is 60.5 cm³/mol. The van der Waals surface area contributed by atoms with Crippen LogP contribution in [0.15, 0.2) is 0 Å². The van der Waals surface area contributed by atoms with Crippen LogP contribution in [0.2, 0.25) is 25.7 Å². The van der Waals surface area contributed by atoms with E-state index in [1.54, 1.807) is 0 Å². The minimum Gasteiger partial charge on any atom is -0.317 e. The van der Waals surface area contributed by atoms with Gasteiger partial charge in [-0.15, -0.1) is 0 Å². The van der Waals surface area contributed by atoms with E-state index in [1.165, 1.54) is 38.4 Å². The van der Waals surface area contributed by atoms with Crippen LogP contribution in [-0.4, -0.2) is 21.2 Å². The molecule has 0 aromatic carbocycles. The molecule has 0 unspecified atom stereocenters. The van der Waals surface area contributed by atoms with Crippen LogP contribution < -0.4 is 5.32 Å². The molecule has 0 aliphatic heterocycles. The fourth-order valence-corrected chi connectivity index (χ4v) is 2.41. The van der Waals surface area contributed by atoms with E-state index in [1.807, 2.05) is 0 Å². The Labute approximate surface area is 79.0 Å². The molecule has 1 nitrogen and oxygen atoms in total. The third-order valence-corrected chi connectivity index (χ3v) is 3.84. The lowest BCUT2D eigenvalue weighted by atomic mass is 10.3. The lowest BCUT2D eigenvalue weighted by Gasteiger charge is -2.15. The summed E-state index contributed by atoms with van der Waals surface area (Å²) in [5.74, 6) is 0. The van der Waals surface area contributed by atoms with E-state index in [9.17, 15) is 0 Å². The minimum atomic E-state index is -0.766. The monoisotopic (exact) mass is 187 g/mol. The molecule has 74 valence electrons. The molecule has 0 fully saturated rings. The predicted octanol–water partition coefficient (Wildman–Crippen LogP) is 3.10. The number of unbranched alkanes of at least 4 members (excludes halogenated alkanes) is 1. The van der Waals surface area contributed by atoms with Crippen molar-refractivity contribution in [3.63, 3.8) is 0 Å². The number of nitrogens with one attached hydrogen (secondary N) is 1. The van der Waals surface area contributed by atoms with Crippen LogP contribution in [-0.2, 0) is 0 Å². The Bertz CT molecular complexity index is 96.5. The van der Waals surface area contributed by atoms with E-state index in [0.717, 1.165) is 0 Å². The second kappa shape index (κ2) is 6.67. The van der Waals surface area contributed by atoms with Crippen molar-refractivity contribution in [2.45, 2.75) is 51.9 Å². The lowest BCUT2D eigenvalue weighted by molar-refractivity contribution is 0.631. The molecule has 0 rings (SSSR count). The van der Waals surface area contributed by atoms with Crippen molar-refractivity contribution in [1.29, 1.82) is 0 Å². The molecule has 0 saturated carbocycles.